The second-order valence-corrected chi connectivity index (χ2v) is 3.87. The average Bonchev–Trinajstić information content (AvgIpc) is 2.26. The van der Waals surface area contributed by atoms with E-state index in [1.165, 1.54) is 0 Å². The normalized spacial score (nSPS) is 11.5. The van der Waals surface area contributed by atoms with Gasteiger partial charge in [0.05, 0.1) is 23.7 Å². The fourth-order valence-electron chi connectivity index (χ4n) is 1.36. The van der Waals surface area contributed by atoms with Crippen LogP contribution in [0.5, 0.6) is 5.88 Å². The van der Waals surface area contributed by atoms with E-state index in [2.05, 4.69) is 25.7 Å². The SMILES string of the molecule is N#CCc1cc(CBr)nc(OC(F)(F)F)c1C(F)F. The molecule has 0 spiro atoms. The number of hydrogen-bond donors (Lipinski definition) is 0. The van der Waals surface area contributed by atoms with Gasteiger partial charge in [0.1, 0.15) is 0 Å². The monoisotopic (exact) mass is 344 g/mol. The van der Waals surface area contributed by atoms with Crippen LogP contribution in [0.25, 0.3) is 0 Å². The maximum Gasteiger partial charge on any atom is 0.574 e. The number of nitriles is 1. The summed E-state index contributed by atoms with van der Waals surface area (Å²) in [6.07, 6.45) is -8.82. The van der Waals surface area contributed by atoms with Crippen molar-refractivity contribution in [2.24, 2.45) is 0 Å². The Kier molecular flexibility index (Phi) is 5.05. The van der Waals surface area contributed by atoms with Crippen LogP contribution in [0.2, 0.25) is 0 Å². The fraction of sp³-hybridized carbons (Fsp3) is 0.400. The largest absolute Gasteiger partial charge is 0.574 e. The summed E-state index contributed by atoms with van der Waals surface area (Å²) in [6, 6.07) is 2.75. The summed E-state index contributed by atoms with van der Waals surface area (Å²) in [7, 11) is 0. The van der Waals surface area contributed by atoms with Crippen LogP contribution < -0.4 is 4.74 Å². The van der Waals surface area contributed by atoms with Crippen LogP contribution in [0.15, 0.2) is 6.07 Å². The molecule has 0 radical (unpaired) electrons. The van der Waals surface area contributed by atoms with Crippen molar-refractivity contribution in [3.63, 3.8) is 0 Å². The van der Waals surface area contributed by atoms with Crippen LogP contribution >= 0.6 is 15.9 Å². The number of aromatic nitrogens is 1. The molecule has 0 atom stereocenters. The van der Waals surface area contributed by atoms with Crippen molar-refractivity contribution in [2.45, 2.75) is 24.5 Å². The summed E-state index contributed by atoms with van der Waals surface area (Å²) in [5, 5.41) is 8.57. The second-order valence-electron chi connectivity index (χ2n) is 3.31. The third kappa shape index (κ3) is 4.31. The highest BCUT2D eigenvalue weighted by Gasteiger charge is 2.35. The lowest BCUT2D eigenvalue weighted by Crippen LogP contribution is -2.20. The van der Waals surface area contributed by atoms with E-state index in [0.29, 0.717) is 0 Å². The lowest BCUT2D eigenvalue weighted by Gasteiger charge is -2.15. The summed E-state index contributed by atoms with van der Waals surface area (Å²) >= 11 is 2.95. The second kappa shape index (κ2) is 6.14. The third-order valence-electron chi connectivity index (χ3n) is 2.00. The number of pyridine rings is 1. The molecule has 1 rings (SSSR count). The van der Waals surface area contributed by atoms with Gasteiger partial charge in [-0.2, -0.15) is 5.26 Å². The lowest BCUT2D eigenvalue weighted by atomic mass is 10.1. The molecule has 19 heavy (non-hydrogen) atoms. The van der Waals surface area contributed by atoms with Gasteiger partial charge < -0.3 is 4.74 Å². The first-order valence-corrected chi connectivity index (χ1v) is 5.90. The molecule has 0 aliphatic rings. The molecule has 0 aliphatic carbocycles. The molecule has 1 aromatic rings. The number of ether oxygens (including phenoxy) is 1. The Morgan fingerprint density at radius 3 is 2.47 bits per heavy atom. The lowest BCUT2D eigenvalue weighted by molar-refractivity contribution is -0.276. The molecule has 3 nitrogen and oxygen atoms in total. The molecule has 9 heteroatoms. The zero-order valence-electron chi connectivity index (χ0n) is 9.14. The standard InChI is InChI=1S/C10H6BrF5N2O/c11-4-6-3-5(1-2-17)7(8(12)13)9(18-6)19-10(14,15)16/h3,8H,1,4H2. The van der Waals surface area contributed by atoms with Crippen molar-refractivity contribution >= 4 is 15.9 Å². The highest BCUT2D eigenvalue weighted by atomic mass is 79.9. The molecule has 1 heterocycles. The summed E-state index contributed by atoms with van der Waals surface area (Å²) < 4.78 is 65.6. The Balaban J connectivity index is 3.40. The number of rotatable bonds is 4. The molecular weight excluding hydrogens is 339 g/mol. The first-order valence-electron chi connectivity index (χ1n) is 4.78. The molecule has 0 amide bonds. The van der Waals surface area contributed by atoms with Crippen molar-refractivity contribution in [3.8, 4) is 11.9 Å². The summed E-state index contributed by atoms with van der Waals surface area (Å²) in [4.78, 5) is 3.36. The van der Waals surface area contributed by atoms with Crippen LogP contribution in [0.1, 0.15) is 23.2 Å². The van der Waals surface area contributed by atoms with Crippen LogP contribution in [-0.4, -0.2) is 11.3 Å². The van der Waals surface area contributed by atoms with E-state index in [0.717, 1.165) is 6.07 Å². The first kappa shape index (κ1) is 15.6. The van der Waals surface area contributed by atoms with Crippen LogP contribution in [0.3, 0.4) is 0 Å². The number of alkyl halides is 6. The van der Waals surface area contributed by atoms with Gasteiger partial charge in [0.25, 0.3) is 6.43 Å². The number of halogens is 6. The Morgan fingerprint density at radius 1 is 1.42 bits per heavy atom. The van der Waals surface area contributed by atoms with Gasteiger partial charge in [-0.1, -0.05) is 15.9 Å². The van der Waals surface area contributed by atoms with Crippen LogP contribution in [-0.2, 0) is 11.8 Å². The summed E-state index contributed by atoms with van der Waals surface area (Å²) in [5.41, 5.74) is -1.18. The van der Waals surface area contributed by atoms with Gasteiger partial charge >= 0.3 is 6.36 Å². The smallest absolute Gasteiger partial charge is 0.387 e. The van der Waals surface area contributed by atoms with Gasteiger partial charge in [-0.3, -0.25) is 0 Å². The maximum absolute atomic E-state index is 12.8. The maximum atomic E-state index is 12.8. The highest BCUT2D eigenvalue weighted by Crippen LogP contribution is 2.35. The van der Waals surface area contributed by atoms with Crippen molar-refractivity contribution in [3.05, 3.63) is 22.9 Å². The summed E-state index contributed by atoms with van der Waals surface area (Å²) in [5.74, 6) is -1.22. The minimum atomic E-state index is -5.13. The average molecular weight is 345 g/mol. The van der Waals surface area contributed by atoms with E-state index in [9.17, 15) is 22.0 Å². The van der Waals surface area contributed by atoms with E-state index < -0.39 is 30.7 Å². The van der Waals surface area contributed by atoms with Gasteiger partial charge in [0.2, 0.25) is 5.88 Å². The van der Waals surface area contributed by atoms with Crippen LogP contribution in [0, 0.1) is 11.3 Å². The molecule has 0 unspecified atom stereocenters. The molecule has 104 valence electrons. The van der Waals surface area contributed by atoms with Crippen molar-refractivity contribution in [1.82, 2.24) is 4.98 Å². The van der Waals surface area contributed by atoms with E-state index in [-0.39, 0.29) is 16.6 Å². The predicted molar refractivity (Wildman–Crippen MR) is 57.8 cm³/mol. The van der Waals surface area contributed by atoms with E-state index in [1.807, 2.05) is 0 Å². The Bertz CT molecular complexity index is 498. The Labute approximate surface area is 113 Å². The topological polar surface area (TPSA) is 45.9 Å². The Morgan fingerprint density at radius 2 is 2.05 bits per heavy atom. The predicted octanol–water partition coefficient (Wildman–Crippen LogP) is 3.88. The quantitative estimate of drug-likeness (QED) is 0.615. The Hall–Kier alpha value is -1.43. The molecule has 1 aromatic heterocycles. The number of nitrogens with zero attached hydrogens (tertiary/aromatic N) is 2. The minimum Gasteiger partial charge on any atom is -0.387 e. The van der Waals surface area contributed by atoms with Gasteiger partial charge in [-0.15, -0.1) is 13.2 Å². The first-order chi connectivity index (χ1) is 8.78. The highest BCUT2D eigenvalue weighted by molar-refractivity contribution is 9.08. The van der Waals surface area contributed by atoms with Gasteiger partial charge in [0, 0.05) is 5.33 Å². The third-order valence-corrected chi connectivity index (χ3v) is 2.57. The molecule has 0 saturated heterocycles. The molecule has 0 N–H and O–H groups in total. The van der Waals surface area contributed by atoms with Crippen molar-refractivity contribution in [1.29, 1.82) is 5.26 Å². The molecule has 0 fully saturated rings. The molecule has 0 aromatic carbocycles. The zero-order valence-corrected chi connectivity index (χ0v) is 10.7. The van der Waals surface area contributed by atoms with Crippen LogP contribution in [0.4, 0.5) is 22.0 Å². The van der Waals surface area contributed by atoms with Crippen molar-refractivity contribution < 1.29 is 26.7 Å². The van der Waals surface area contributed by atoms with Gasteiger partial charge in [-0.25, -0.2) is 13.8 Å². The van der Waals surface area contributed by atoms with Gasteiger partial charge in [0.15, 0.2) is 0 Å². The molecule has 0 aliphatic heterocycles. The van der Waals surface area contributed by atoms with E-state index >= 15 is 0 Å². The van der Waals surface area contributed by atoms with E-state index in [1.54, 1.807) is 6.07 Å². The molecule has 0 bridgehead atoms. The molecular formula is C10H6BrF5N2O. The van der Waals surface area contributed by atoms with Crippen molar-refractivity contribution in [2.75, 3.05) is 0 Å². The van der Waals surface area contributed by atoms with Gasteiger partial charge in [-0.05, 0) is 11.6 Å². The fourth-order valence-corrected chi connectivity index (χ4v) is 1.65. The number of hydrogen-bond acceptors (Lipinski definition) is 3. The molecule has 0 saturated carbocycles. The minimum absolute atomic E-state index is 0.0448. The zero-order chi connectivity index (χ0) is 14.6. The summed E-state index contributed by atoms with van der Waals surface area (Å²) in [6.45, 7) is 0. The van der Waals surface area contributed by atoms with E-state index in [4.69, 9.17) is 5.26 Å².